The van der Waals surface area contributed by atoms with Crippen molar-refractivity contribution in [3.63, 3.8) is 0 Å². The third kappa shape index (κ3) is 3.95. The quantitative estimate of drug-likeness (QED) is 0.859. The van der Waals surface area contributed by atoms with E-state index in [4.69, 9.17) is 4.74 Å². The first-order valence-electron chi connectivity index (χ1n) is 7.07. The second kappa shape index (κ2) is 6.89. The summed E-state index contributed by atoms with van der Waals surface area (Å²) in [6.45, 7) is 5.23. The molecule has 0 aliphatic heterocycles. The molecule has 1 N–H and O–H groups in total. The highest BCUT2D eigenvalue weighted by atomic mass is 16.5. The normalized spacial score (nSPS) is 10.1. The topological polar surface area (TPSA) is 55.4 Å². The van der Waals surface area contributed by atoms with Crippen LogP contribution in [0.5, 0.6) is 5.75 Å². The van der Waals surface area contributed by atoms with Crippen LogP contribution >= 0.6 is 0 Å². The molecule has 0 fully saturated rings. The van der Waals surface area contributed by atoms with Crippen molar-refractivity contribution in [1.82, 2.24) is 0 Å². The number of carbonyl (C=O) groups excluding carboxylic acids is 2. The summed E-state index contributed by atoms with van der Waals surface area (Å²) in [5.74, 6) is 0.0729. The van der Waals surface area contributed by atoms with E-state index < -0.39 is 0 Å². The second-order valence-corrected chi connectivity index (χ2v) is 5.21. The molecule has 0 saturated heterocycles. The Hall–Kier alpha value is -2.62. The van der Waals surface area contributed by atoms with Gasteiger partial charge in [0.2, 0.25) is 0 Å². The number of nitrogens with one attached hydrogen (secondary N) is 1. The molecule has 4 heteroatoms. The molecule has 4 nitrogen and oxygen atoms in total. The Labute approximate surface area is 130 Å². The van der Waals surface area contributed by atoms with E-state index in [9.17, 15) is 9.59 Å². The summed E-state index contributed by atoms with van der Waals surface area (Å²) in [6, 6.07) is 12.8. The molecule has 0 aromatic heterocycles. The van der Waals surface area contributed by atoms with Gasteiger partial charge in [0.25, 0.3) is 5.91 Å². The van der Waals surface area contributed by atoms with Gasteiger partial charge in [-0.3, -0.25) is 9.59 Å². The van der Waals surface area contributed by atoms with Crippen LogP contribution in [0.3, 0.4) is 0 Å². The fourth-order valence-electron chi connectivity index (χ4n) is 2.08. The molecule has 2 aromatic carbocycles. The van der Waals surface area contributed by atoms with E-state index >= 15 is 0 Å². The molecule has 22 heavy (non-hydrogen) atoms. The Morgan fingerprint density at radius 3 is 2.55 bits per heavy atom. The van der Waals surface area contributed by atoms with Crippen LogP contribution in [0.25, 0.3) is 0 Å². The molecular formula is C18H19NO3. The summed E-state index contributed by atoms with van der Waals surface area (Å²) >= 11 is 0. The number of amides is 1. The standard InChI is InChI=1S/C18H19NO3/c1-12-8-9-13(2)16(10-12)19-18(21)11-22-17-7-5-4-6-15(17)14(3)20/h4-10H,11H2,1-3H3,(H,19,21). The van der Waals surface area contributed by atoms with Crippen molar-refractivity contribution in [2.24, 2.45) is 0 Å². The first kappa shape index (κ1) is 15.8. The van der Waals surface area contributed by atoms with Crippen LogP contribution in [0.1, 0.15) is 28.4 Å². The molecule has 0 spiro atoms. The smallest absolute Gasteiger partial charge is 0.262 e. The van der Waals surface area contributed by atoms with Gasteiger partial charge in [0.05, 0.1) is 5.56 Å². The van der Waals surface area contributed by atoms with Gasteiger partial charge in [0.1, 0.15) is 5.75 Å². The lowest BCUT2D eigenvalue weighted by Gasteiger charge is -2.11. The average Bonchev–Trinajstić information content (AvgIpc) is 2.49. The number of aryl methyl sites for hydroxylation is 2. The van der Waals surface area contributed by atoms with Gasteiger partial charge in [-0.1, -0.05) is 24.3 Å². The molecule has 0 unspecified atom stereocenters. The van der Waals surface area contributed by atoms with Crippen LogP contribution in [0.4, 0.5) is 5.69 Å². The third-order valence-electron chi connectivity index (χ3n) is 3.29. The van der Waals surface area contributed by atoms with Gasteiger partial charge in [0.15, 0.2) is 12.4 Å². The molecule has 2 rings (SSSR count). The van der Waals surface area contributed by atoms with Crippen molar-refractivity contribution < 1.29 is 14.3 Å². The average molecular weight is 297 g/mol. The lowest BCUT2D eigenvalue weighted by Crippen LogP contribution is -2.21. The molecule has 0 bridgehead atoms. The highest BCUT2D eigenvalue weighted by Crippen LogP contribution is 2.19. The maximum Gasteiger partial charge on any atom is 0.262 e. The van der Waals surface area contributed by atoms with Crippen LogP contribution in [0, 0.1) is 13.8 Å². The van der Waals surface area contributed by atoms with E-state index in [-0.39, 0.29) is 18.3 Å². The fourth-order valence-corrected chi connectivity index (χ4v) is 2.08. The molecule has 114 valence electrons. The Morgan fingerprint density at radius 1 is 1.09 bits per heavy atom. The Balaban J connectivity index is 2.02. The minimum atomic E-state index is -0.257. The van der Waals surface area contributed by atoms with Gasteiger partial charge < -0.3 is 10.1 Å². The largest absolute Gasteiger partial charge is 0.483 e. The zero-order valence-corrected chi connectivity index (χ0v) is 13.0. The molecule has 0 atom stereocenters. The van der Waals surface area contributed by atoms with Crippen LogP contribution < -0.4 is 10.1 Å². The van der Waals surface area contributed by atoms with Gasteiger partial charge in [-0.2, -0.15) is 0 Å². The van der Waals surface area contributed by atoms with Gasteiger partial charge in [0, 0.05) is 5.69 Å². The molecule has 0 saturated carbocycles. The SMILES string of the molecule is CC(=O)c1ccccc1OCC(=O)Nc1cc(C)ccc1C. The Bertz CT molecular complexity index is 707. The molecule has 0 aliphatic rings. The molecule has 2 aromatic rings. The highest BCUT2D eigenvalue weighted by Gasteiger charge is 2.10. The Kier molecular flexibility index (Phi) is 4.94. The van der Waals surface area contributed by atoms with E-state index in [1.165, 1.54) is 6.92 Å². The zero-order chi connectivity index (χ0) is 16.1. The third-order valence-corrected chi connectivity index (χ3v) is 3.29. The number of rotatable bonds is 5. The number of carbonyl (C=O) groups is 2. The number of hydrogen-bond acceptors (Lipinski definition) is 3. The molecule has 0 heterocycles. The second-order valence-electron chi connectivity index (χ2n) is 5.21. The molecule has 0 radical (unpaired) electrons. The molecule has 1 amide bonds. The Morgan fingerprint density at radius 2 is 1.82 bits per heavy atom. The fraction of sp³-hybridized carbons (Fsp3) is 0.222. The first-order chi connectivity index (χ1) is 10.5. The predicted octanol–water partition coefficient (Wildman–Crippen LogP) is 3.52. The summed E-state index contributed by atoms with van der Waals surface area (Å²) in [6.07, 6.45) is 0. The lowest BCUT2D eigenvalue weighted by molar-refractivity contribution is -0.118. The van der Waals surface area contributed by atoms with Crippen molar-refractivity contribution in [3.8, 4) is 5.75 Å². The number of ether oxygens (including phenoxy) is 1. The van der Waals surface area contributed by atoms with Crippen molar-refractivity contribution in [2.45, 2.75) is 20.8 Å². The van der Waals surface area contributed by atoms with Crippen LogP contribution in [0.15, 0.2) is 42.5 Å². The molecular weight excluding hydrogens is 278 g/mol. The number of para-hydroxylation sites is 1. The van der Waals surface area contributed by atoms with Gasteiger partial charge in [-0.25, -0.2) is 0 Å². The van der Waals surface area contributed by atoms with Crippen LogP contribution in [0.2, 0.25) is 0 Å². The van der Waals surface area contributed by atoms with E-state index in [0.717, 1.165) is 16.8 Å². The number of hydrogen-bond donors (Lipinski definition) is 1. The van der Waals surface area contributed by atoms with E-state index in [1.54, 1.807) is 24.3 Å². The van der Waals surface area contributed by atoms with Crippen molar-refractivity contribution in [3.05, 3.63) is 59.2 Å². The van der Waals surface area contributed by atoms with E-state index in [2.05, 4.69) is 5.32 Å². The summed E-state index contributed by atoms with van der Waals surface area (Å²) in [5.41, 5.74) is 3.31. The molecule has 0 aliphatic carbocycles. The van der Waals surface area contributed by atoms with Gasteiger partial charge in [-0.05, 0) is 50.1 Å². The zero-order valence-electron chi connectivity index (χ0n) is 13.0. The summed E-state index contributed by atoms with van der Waals surface area (Å²) < 4.78 is 5.47. The van der Waals surface area contributed by atoms with Crippen molar-refractivity contribution in [1.29, 1.82) is 0 Å². The number of benzene rings is 2. The maximum atomic E-state index is 12.0. The van der Waals surface area contributed by atoms with Gasteiger partial charge in [-0.15, -0.1) is 0 Å². The van der Waals surface area contributed by atoms with Crippen LogP contribution in [-0.2, 0) is 4.79 Å². The monoisotopic (exact) mass is 297 g/mol. The highest BCUT2D eigenvalue weighted by molar-refractivity contribution is 5.97. The van der Waals surface area contributed by atoms with Crippen molar-refractivity contribution >= 4 is 17.4 Å². The number of anilines is 1. The van der Waals surface area contributed by atoms with E-state index in [0.29, 0.717) is 11.3 Å². The number of Topliss-reactive ketones (excluding diaryl/α,β-unsaturated/α-hetero) is 1. The van der Waals surface area contributed by atoms with Crippen molar-refractivity contribution in [2.75, 3.05) is 11.9 Å². The predicted molar refractivity (Wildman–Crippen MR) is 86.5 cm³/mol. The maximum absolute atomic E-state index is 12.0. The van der Waals surface area contributed by atoms with E-state index in [1.807, 2.05) is 32.0 Å². The summed E-state index contributed by atoms with van der Waals surface area (Å²) in [7, 11) is 0. The van der Waals surface area contributed by atoms with Gasteiger partial charge >= 0.3 is 0 Å². The number of ketones is 1. The minimum Gasteiger partial charge on any atom is -0.483 e. The summed E-state index contributed by atoms with van der Waals surface area (Å²) in [4.78, 5) is 23.5. The lowest BCUT2D eigenvalue weighted by atomic mass is 10.1. The summed E-state index contributed by atoms with van der Waals surface area (Å²) in [5, 5.41) is 2.82. The minimum absolute atomic E-state index is 0.0921. The van der Waals surface area contributed by atoms with Crippen LogP contribution in [-0.4, -0.2) is 18.3 Å². The first-order valence-corrected chi connectivity index (χ1v) is 7.07.